The molecule has 1 fully saturated rings. The number of nitrogens with one attached hydrogen (secondary N) is 1. The van der Waals surface area contributed by atoms with Crippen molar-refractivity contribution in [2.45, 2.75) is 47.5 Å². The molecule has 1 aliphatic carbocycles. The highest BCUT2D eigenvalue weighted by Crippen LogP contribution is 2.38. The summed E-state index contributed by atoms with van der Waals surface area (Å²) in [5.41, 5.74) is 5.51. The summed E-state index contributed by atoms with van der Waals surface area (Å²) in [5.74, 6) is 0. The lowest BCUT2D eigenvalue weighted by atomic mass is 9.88. The van der Waals surface area contributed by atoms with E-state index in [2.05, 4.69) is 11.0 Å². The van der Waals surface area contributed by atoms with E-state index in [1.54, 1.807) is 17.8 Å². The zero-order chi connectivity index (χ0) is 15.3. The Morgan fingerprint density at radius 2 is 2.05 bits per heavy atom. The minimum absolute atomic E-state index is 0.0721. The minimum atomic E-state index is -3.39. The predicted molar refractivity (Wildman–Crippen MR) is 91.6 cm³/mol. The van der Waals surface area contributed by atoms with Crippen LogP contribution >= 0.6 is 23.1 Å². The SMILES string of the molecule is CSC1(CNS(=O)(=O)c2ccc(CCN)s2)CCCCC1. The number of rotatable bonds is 7. The third-order valence-corrected chi connectivity index (χ3v) is 8.53. The fourth-order valence-corrected chi connectivity index (χ4v) is 6.27. The summed E-state index contributed by atoms with van der Waals surface area (Å²) in [6.45, 7) is 1.07. The van der Waals surface area contributed by atoms with Gasteiger partial charge in [0.2, 0.25) is 10.0 Å². The molecule has 21 heavy (non-hydrogen) atoms. The molecular weight excluding hydrogens is 324 g/mol. The highest BCUT2D eigenvalue weighted by atomic mass is 32.2. The van der Waals surface area contributed by atoms with Gasteiger partial charge in [0.25, 0.3) is 0 Å². The molecule has 0 spiro atoms. The van der Waals surface area contributed by atoms with Crippen LogP contribution in [-0.2, 0) is 16.4 Å². The third kappa shape index (κ3) is 4.45. The van der Waals surface area contributed by atoms with Crippen molar-refractivity contribution in [2.75, 3.05) is 19.3 Å². The number of sulfonamides is 1. The summed E-state index contributed by atoms with van der Waals surface area (Å²) in [5, 5.41) is 0. The smallest absolute Gasteiger partial charge is 0.250 e. The van der Waals surface area contributed by atoms with Crippen molar-refractivity contribution in [1.29, 1.82) is 0 Å². The number of hydrogen-bond acceptors (Lipinski definition) is 5. The maximum absolute atomic E-state index is 12.4. The van der Waals surface area contributed by atoms with Crippen molar-refractivity contribution >= 4 is 33.1 Å². The monoisotopic (exact) mass is 348 g/mol. The van der Waals surface area contributed by atoms with Crippen LogP contribution in [0, 0.1) is 0 Å². The lowest BCUT2D eigenvalue weighted by Gasteiger charge is -2.35. The molecular formula is C14H24N2O2S3. The summed E-state index contributed by atoms with van der Waals surface area (Å²) in [6, 6.07) is 3.54. The summed E-state index contributed by atoms with van der Waals surface area (Å²) in [6.07, 6.45) is 8.67. The summed E-state index contributed by atoms with van der Waals surface area (Å²) >= 11 is 3.12. The molecule has 1 aromatic heterocycles. The molecule has 2 rings (SSSR count). The Morgan fingerprint density at radius 1 is 1.33 bits per heavy atom. The maximum Gasteiger partial charge on any atom is 0.250 e. The molecule has 120 valence electrons. The van der Waals surface area contributed by atoms with E-state index in [0.717, 1.165) is 24.1 Å². The number of nitrogens with two attached hydrogens (primary N) is 1. The third-order valence-electron chi connectivity index (χ3n) is 4.07. The van der Waals surface area contributed by atoms with E-state index in [1.807, 2.05) is 6.07 Å². The molecule has 1 saturated carbocycles. The van der Waals surface area contributed by atoms with Gasteiger partial charge in [-0.2, -0.15) is 11.8 Å². The van der Waals surface area contributed by atoms with Gasteiger partial charge in [0, 0.05) is 16.2 Å². The molecule has 0 bridgehead atoms. The molecule has 0 radical (unpaired) electrons. The van der Waals surface area contributed by atoms with Crippen LogP contribution in [0.2, 0.25) is 0 Å². The standard InChI is InChI=1S/C14H24N2O2S3/c1-19-14(8-3-2-4-9-14)11-16-21(17,18)13-6-5-12(20-13)7-10-15/h5-6,16H,2-4,7-11,15H2,1H3. The number of thioether (sulfide) groups is 1. The molecule has 0 aromatic carbocycles. The van der Waals surface area contributed by atoms with Crippen molar-refractivity contribution in [2.24, 2.45) is 5.73 Å². The van der Waals surface area contributed by atoms with Crippen LogP contribution in [0.25, 0.3) is 0 Å². The van der Waals surface area contributed by atoms with Crippen molar-refractivity contribution in [3.63, 3.8) is 0 Å². The Bertz CT molecular complexity index is 548. The van der Waals surface area contributed by atoms with Gasteiger partial charge in [-0.3, -0.25) is 0 Å². The van der Waals surface area contributed by atoms with Gasteiger partial charge >= 0.3 is 0 Å². The van der Waals surface area contributed by atoms with Crippen LogP contribution < -0.4 is 10.5 Å². The van der Waals surface area contributed by atoms with Crippen LogP contribution in [0.3, 0.4) is 0 Å². The first-order chi connectivity index (χ1) is 10.0. The van der Waals surface area contributed by atoms with Crippen molar-refractivity contribution in [3.05, 3.63) is 17.0 Å². The van der Waals surface area contributed by atoms with E-state index < -0.39 is 10.0 Å². The molecule has 1 aliphatic rings. The molecule has 4 nitrogen and oxygen atoms in total. The first-order valence-corrected chi connectivity index (χ1v) is 10.9. The largest absolute Gasteiger partial charge is 0.330 e. The Morgan fingerprint density at radius 3 is 2.67 bits per heavy atom. The summed E-state index contributed by atoms with van der Waals surface area (Å²) in [4.78, 5) is 1.02. The fraction of sp³-hybridized carbons (Fsp3) is 0.714. The fourth-order valence-electron chi connectivity index (χ4n) is 2.73. The second-order valence-electron chi connectivity index (χ2n) is 5.53. The summed E-state index contributed by atoms with van der Waals surface area (Å²) in [7, 11) is -3.39. The van der Waals surface area contributed by atoms with Crippen LogP contribution in [0.15, 0.2) is 16.3 Å². The van der Waals surface area contributed by atoms with E-state index >= 15 is 0 Å². The molecule has 0 atom stereocenters. The molecule has 0 saturated heterocycles. The zero-order valence-corrected chi connectivity index (χ0v) is 14.9. The zero-order valence-electron chi connectivity index (χ0n) is 12.4. The molecule has 7 heteroatoms. The first kappa shape index (κ1) is 17.3. The quantitative estimate of drug-likeness (QED) is 0.794. The van der Waals surface area contributed by atoms with Crippen LogP contribution in [0.4, 0.5) is 0 Å². The lowest BCUT2D eigenvalue weighted by molar-refractivity contribution is 0.395. The topological polar surface area (TPSA) is 72.2 Å². The van der Waals surface area contributed by atoms with E-state index in [4.69, 9.17) is 5.73 Å². The molecule has 1 heterocycles. The number of hydrogen-bond donors (Lipinski definition) is 2. The van der Waals surface area contributed by atoms with Gasteiger partial charge in [0.05, 0.1) is 0 Å². The minimum Gasteiger partial charge on any atom is -0.330 e. The van der Waals surface area contributed by atoms with E-state index in [-0.39, 0.29) is 4.75 Å². The Kier molecular flexibility index (Phi) is 6.14. The molecule has 3 N–H and O–H groups in total. The molecule has 0 amide bonds. The predicted octanol–water partition coefficient (Wildman–Crippen LogP) is 2.59. The second-order valence-corrected chi connectivity index (χ2v) is 9.97. The molecule has 0 unspecified atom stereocenters. The summed E-state index contributed by atoms with van der Waals surface area (Å²) < 4.78 is 28.1. The van der Waals surface area contributed by atoms with Crippen molar-refractivity contribution in [1.82, 2.24) is 4.72 Å². The maximum atomic E-state index is 12.4. The Labute approximate surface area is 135 Å². The van der Waals surface area contributed by atoms with Crippen molar-refractivity contribution in [3.8, 4) is 0 Å². The van der Waals surface area contributed by atoms with Gasteiger partial charge < -0.3 is 5.73 Å². The Balaban J connectivity index is 2.02. The van der Waals surface area contributed by atoms with Gasteiger partial charge in [0.15, 0.2) is 0 Å². The molecule has 0 aliphatic heterocycles. The van der Waals surface area contributed by atoms with Crippen LogP contribution in [-0.4, -0.2) is 32.5 Å². The second kappa shape index (κ2) is 7.46. The van der Waals surface area contributed by atoms with Crippen LogP contribution in [0.1, 0.15) is 37.0 Å². The van der Waals surface area contributed by atoms with Crippen LogP contribution in [0.5, 0.6) is 0 Å². The average molecular weight is 349 g/mol. The highest BCUT2D eigenvalue weighted by molar-refractivity contribution is 8.00. The van der Waals surface area contributed by atoms with Gasteiger partial charge in [0.1, 0.15) is 4.21 Å². The van der Waals surface area contributed by atoms with Gasteiger partial charge in [-0.15, -0.1) is 11.3 Å². The Hall–Kier alpha value is -0.0800. The van der Waals surface area contributed by atoms with E-state index in [1.165, 1.54) is 30.6 Å². The average Bonchev–Trinajstić information content (AvgIpc) is 2.96. The van der Waals surface area contributed by atoms with Gasteiger partial charge in [-0.05, 0) is 44.2 Å². The lowest BCUT2D eigenvalue weighted by Crippen LogP contribution is -2.41. The normalized spacial score (nSPS) is 18.8. The van der Waals surface area contributed by atoms with E-state index in [0.29, 0.717) is 17.3 Å². The highest BCUT2D eigenvalue weighted by Gasteiger charge is 2.32. The van der Waals surface area contributed by atoms with Crippen molar-refractivity contribution < 1.29 is 8.42 Å². The van der Waals surface area contributed by atoms with Gasteiger partial charge in [-0.25, -0.2) is 13.1 Å². The van der Waals surface area contributed by atoms with Gasteiger partial charge in [-0.1, -0.05) is 19.3 Å². The number of thiophene rings is 1. The first-order valence-electron chi connectivity index (χ1n) is 7.35. The van der Waals surface area contributed by atoms with E-state index in [9.17, 15) is 8.42 Å². The molecule has 1 aromatic rings.